The van der Waals surface area contributed by atoms with Crippen molar-refractivity contribution in [2.24, 2.45) is 16.7 Å². The van der Waals surface area contributed by atoms with E-state index >= 15 is 0 Å². The zero-order valence-corrected chi connectivity index (χ0v) is 16.2. The van der Waals surface area contributed by atoms with Crippen molar-refractivity contribution in [3.05, 3.63) is 24.3 Å². The largest absolute Gasteiger partial charge is 0.240 e. The number of hydrogen-bond donors (Lipinski definition) is 1. The predicted molar refractivity (Wildman–Crippen MR) is 92.9 cm³/mol. The first-order valence-electron chi connectivity index (χ1n) is 8.20. The van der Waals surface area contributed by atoms with E-state index in [9.17, 15) is 16.8 Å². The molecule has 1 aromatic carbocycles. The van der Waals surface area contributed by atoms with Gasteiger partial charge in [0.15, 0.2) is 9.84 Å². The van der Waals surface area contributed by atoms with Crippen molar-refractivity contribution >= 4 is 19.9 Å². The Labute approximate surface area is 144 Å². The van der Waals surface area contributed by atoms with E-state index in [4.69, 9.17) is 0 Å². The molecule has 24 heavy (non-hydrogen) atoms. The Balaban J connectivity index is 1.85. The van der Waals surface area contributed by atoms with E-state index in [-0.39, 0.29) is 26.7 Å². The molecule has 0 spiro atoms. The highest BCUT2D eigenvalue weighted by Crippen LogP contribution is 2.65. The third kappa shape index (κ3) is 2.61. The van der Waals surface area contributed by atoms with Gasteiger partial charge in [-0.15, -0.1) is 0 Å². The molecule has 0 saturated heterocycles. The van der Waals surface area contributed by atoms with Crippen molar-refractivity contribution in [3.63, 3.8) is 0 Å². The summed E-state index contributed by atoms with van der Waals surface area (Å²) >= 11 is 0. The van der Waals surface area contributed by atoms with Gasteiger partial charge in [-0.05, 0) is 60.3 Å². The van der Waals surface area contributed by atoms with Crippen LogP contribution in [0.1, 0.15) is 40.0 Å². The van der Waals surface area contributed by atoms with Gasteiger partial charge in [0.25, 0.3) is 0 Å². The van der Waals surface area contributed by atoms with Crippen molar-refractivity contribution in [2.75, 3.05) is 6.26 Å². The summed E-state index contributed by atoms with van der Waals surface area (Å²) < 4.78 is 51.3. The number of hydrogen-bond acceptors (Lipinski definition) is 4. The molecule has 3 rings (SSSR count). The first-order valence-corrected chi connectivity index (χ1v) is 11.6. The van der Waals surface area contributed by atoms with Gasteiger partial charge in [-0.1, -0.05) is 20.8 Å². The van der Waals surface area contributed by atoms with E-state index < -0.39 is 19.9 Å². The minimum absolute atomic E-state index is 0.0442. The summed E-state index contributed by atoms with van der Waals surface area (Å²) in [5.74, 6) is 0.544. The standard InChI is InChI=1S/C17H25NO4S2/c1-16(2)12-9-10-17(16,3)15(11-12)18-24(21,22)14-7-5-13(6-8-14)23(4,19)20/h5-8,12,15,18H,9-11H2,1-4H3. The highest BCUT2D eigenvalue weighted by molar-refractivity contribution is 7.90. The fourth-order valence-corrected chi connectivity index (χ4v) is 6.50. The summed E-state index contributed by atoms with van der Waals surface area (Å²) in [6.07, 6.45) is 4.16. The van der Waals surface area contributed by atoms with E-state index in [0.717, 1.165) is 25.5 Å². The van der Waals surface area contributed by atoms with Crippen LogP contribution in [-0.2, 0) is 19.9 Å². The molecule has 7 heteroatoms. The van der Waals surface area contributed by atoms with Gasteiger partial charge in [-0.25, -0.2) is 21.6 Å². The van der Waals surface area contributed by atoms with Crippen molar-refractivity contribution in [2.45, 2.75) is 55.9 Å². The van der Waals surface area contributed by atoms with E-state index in [1.54, 1.807) is 0 Å². The molecular weight excluding hydrogens is 346 g/mol. The van der Waals surface area contributed by atoms with E-state index in [1.165, 1.54) is 24.3 Å². The van der Waals surface area contributed by atoms with Crippen LogP contribution in [0.4, 0.5) is 0 Å². The molecule has 0 aromatic heterocycles. The smallest absolute Gasteiger partial charge is 0.224 e. The zero-order chi connectivity index (χ0) is 18.0. The second-order valence-corrected chi connectivity index (χ2v) is 11.8. The van der Waals surface area contributed by atoms with Crippen LogP contribution < -0.4 is 4.72 Å². The first kappa shape index (κ1) is 17.9. The summed E-state index contributed by atoms with van der Waals surface area (Å²) in [5, 5.41) is 0. The van der Waals surface area contributed by atoms with Crippen molar-refractivity contribution in [1.29, 1.82) is 0 Å². The van der Waals surface area contributed by atoms with Gasteiger partial charge in [0.05, 0.1) is 9.79 Å². The van der Waals surface area contributed by atoms with Crippen LogP contribution in [0.15, 0.2) is 34.1 Å². The van der Waals surface area contributed by atoms with Gasteiger partial charge in [-0.3, -0.25) is 0 Å². The molecule has 134 valence electrons. The molecule has 0 radical (unpaired) electrons. The molecule has 0 aliphatic heterocycles. The molecular formula is C17H25NO4S2. The molecule has 2 fully saturated rings. The highest BCUT2D eigenvalue weighted by atomic mass is 32.2. The normalized spacial score (nSPS) is 32.2. The summed E-state index contributed by atoms with van der Waals surface area (Å²) in [6, 6.07) is 5.33. The van der Waals surface area contributed by atoms with Crippen LogP contribution in [0.5, 0.6) is 0 Å². The highest BCUT2D eigenvalue weighted by Gasteiger charge is 2.61. The van der Waals surface area contributed by atoms with Crippen molar-refractivity contribution in [3.8, 4) is 0 Å². The molecule has 1 N–H and O–H groups in total. The molecule has 5 nitrogen and oxygen atoms in total. The summed E-state index contributed by atoms with van der Waals surface area (Å²) in [7, 11) is -7.00. The number of nitrogens with one attached hydrogen (secondary N) is 1. The molecule has 3 atom stereocenters. The Morgan fingerprint density at radius 3 is 1.96 bits per heavy atom. The van der Waals surface area contributed by atoms with Crippen molar-refractivity contribution in [1.82, 2.24) is 4.72 Å². The third-order valence-electron chi connectivity index (χ3n) is 6.65. The SMILES string of the molecule is CC1(C)C2CCC1(C)C(NS(=O)(=O)c1ccc(S(C)(=O)=O)cc1)C2. The monoisotopic (exact) mass is 371 g/mol. The molecule has 2 aliphatic rings. The van der Waals surface area contributed by atoms with Crippen LogP contribution in [0.2, 0.25) is 0 Å². The van der Waals surface area contributed by atoms with E-state index in [2.05, 4.69) is 25.5 Å². The van der Waals surface area contributed by atoms with Crippen molar-refractivity contribution < 1.29 is 16.8 Å². The van der Waals surface area contributed by atoms with Gasteiger partial charge in [0.2, 0.25) is 10.0 Å². The molecule has 3 unspecified atom stereocenters. The molecule has 2 aliphatic carbocycles. The van der Waals surface area contributed by atoms with Gasteiger partial charge < -0.3 is 0 Å². The van der Waals surface area contributed by atoms with Gasteiger partial charge in [-0.2, -0.15) is 0 Å². The van der Waals surface area contributed by atoms with E-state index in [0.29, 0.717) is 5.92 Å². The fraction of sp³-hybridized carbons (Fsp3) is 0.647. The topological polar surface area (TPSA) is 80.3 Å². The number of rotatable bonds is 4. The number of fused-ring (bicyclic) bond motifs is 2. The Bertz CT molecular complexity index is 856. The van der Waals surface area contributed by atoms with Crippen LogP contribution >= 0.6 is 0 Å². The minimum atomic E-state index is -3.66. The molecule has 2 saturated carbocycles. The lowest BCUT2D eigenvalue weighted by molar-refractivity contribution is 0.130. The maximum absolute atomic E-state index is 12.7. The third-order valence-corrected chi connectivity index (χ3v) is 9.27. The van der Waals surface area contributed by atoms with Gasteiger partial charge in [0.1, 0.15) is 0 Å². The maximum atomic E-state index is 12.7. The predicted octanol–water partition coefficient (Wildman–Crippen LogP) is 2.58. The average Bonchev–Trinajstić information content (AvgIpc) is 2.79. The number of sulfone groups is 1. The Hall–Kier alpha value is -0.920. The van der Waals surface area contributed by atoms with Gasteiger partial charge in [0, 0.05) is 12.3 Å². The average molecular weight is 372 g/mol. The lowest BCUT2D eigenvalue weighted by Gasteiger charge is -2.39. The number of benzene rings is 1. The molecule has 1 aromatic rings. The Morgan fingerprint density at radius 1 is 1.00 bits per heavy atom. The lowest BCUT2D eigenvalue weighted by atomic mass is 9.69. The Kier molecular flexibility index (Phi) is 3.94. The molecule has 0 amide bonds. The van der Waals surface area contributed by atoms with Crippen LogP contribution in [0.25, 0.3) is 0 Å². The minimum Gasteiger partial charge on any atom is -0.224 e. The Morgan fingerprint density at radius 2 is 1.54 bits per heavy atom. The summed E-state index contributed by atoms with van der Waals surface area (Å²) in [6.45, 7) is 6.65. The first-order chi connectivity index (χ1) is 10.9. The second-order valence-electron chi connectivity index (χ2n) is 8.03. The fourth-order valence-electron chi connectivity index (χ4n) is 4.50. The number of sulfonamides is 1. The zero-order valence-electron chi connectivity index (χ0n) is 14.5. The molecule has 0 heterocycles. The van der Waals surface area contributed by atoms with Gasteiger partial charge >= 0.3 is 0 Å². The van der Waals surface area contributed by atoms with Crippen LogP contribution in [-0.4, -0.2) is 29.1 Å². The summed E-state index contributed by atoms with van der Waals surface area (Å²) in [4.78, 5) is 0.230. The second kappa shape index (κ2) is 5.29. The lowest BCUT2D eigenvalue weighted by Crippen LogP contribution is -2.46. The summed E-state index contributed by atoms with van der Waals surface area (Å²) in [5.41, 5.74) is 0.0811. The van der Waals surface area contributed by atoms with Crippen LogP contribution in [0, 0.1) is 16.7 Å². The van der Waals surface area contributed by atoms with Crippen LogP contribution in [0.3, 0.4) is 0 Å². The van der Waals surface area contributed by atoms with E-state index in [1.807, 2.05) is 0 Å². The quantitative estimate of drug-likeness (QED) is 0.882. The molecule has 2 bridgehead atoms. The maximum Gasteiger partial charge on any atom is 0.240 e.